The van der Waals surface area contributed by atoms with E-state index in [1.807, 2.05) is 0 Å². The van der Waals surface area contributed by atoms with Crippen molar-refractivity contribution in [2.45, 2.75) is 43.9 Å². The lowest BCUT2D eigenvalue weighted by atomic mass is 10.1. The second kappa shape index (κ2) is 11.5. The summed E-state index contributed by atoms with van der Waals surface area (Å²) < 4.78 is 38.8. The molecule has 0 saturated heterocycles. The second-order valence-electron chi connectivity index (χ2n) is 7.27. The van der Waals surface area contributed by atoms with Gasteiger partial charge >= 0.3 is 16.2 Å². The van der Waals surface area contributed by atoms with Crippen molar-refractivity contribution in [1.29, 1.82) is 0 Å². The van der Waals surface area contributed by atoms with Crippen molar-refractivity contribution < 1.29 is 32.0 Å². The summed E-state index contributed by atoms with van der Waals surface area (Å²) in [5.74, 6) is 0.150. The summed E-state index contributed by atoms with van der Waals surface area (Å²) in [6.45, 7) is 5.17. The average molecular weight is 440 g/mol. The van der Waals surface area contributed by atoms with Gasteiger partial charge in [-0.1, -0.05) is 30.3 Å². The molecule has 1 atom stereocenters. The van der Waals surface area contributed by atoms with Gasteiger partial charge in [-0.3, -0.25) is 5.32 Å². The molecule has 0 heterocycles. The fourth-order valence-electron chi connectivity index (χ4n) is 2.16. The van der Waals surface area contributed by atoms with E-state index in [0.717, 1.165) is 0 Å². The van der Waals surface area contributed by atoms with Crippen molar-refractivity contribution in [3.8, 4) is 5.75 Å². The molecule has 0 fully saturated rings. The van der Waals surface area contributed by atoms with E-state index < -0.39 is 28.0 Å². The molecule has 0 saturated carbocycles. The highest BCUT2D eigenvalue weighted by Crippen LogP contribution is 2.19. The predicted octanol–water partition coefficient (Wildman–Crippen LogP) is 3.10. The van der Waals surface area contributed by atoms with E-state index in [-0.39, 0.29) is 17.1 Å². The molecule has 2 N–H and O–H groups in total. The van der Waals surface area contributed by atoms with Crippen LogP contribution in [-0.4, -0.2) is 45.7 Å². The molecule has 0 spiro atoms. The molecular formula is C21H29NO7S. The van der Waals surface area contributed by atoms with Crippen LogP contribution in [0.4, 0.5) is 4.79 Å². The Bertz CT molecular complexity index is 876. The minimum Gasteiger partial charge on any atom is -0.444 e. The number of rotatable bonds is 6. The minimum absolute atomic E-state index is 0.0612. The number of alkyl carbamates (subject to hydrolysis) is 1. The summed E-state index contributed by atoms with van der Waals surface area (Å²) >= 11 is 0. The van der Waals surface area contributed by atoms with Gasteiger partial charge in [0.15, 0.2) is 0 Å². The number of benzene rings is 2. The zero-order chi connectivity index (χ0) is 22.8. The lowest BCUT2D eigenvalue weighted by Crippen LogP contribution is -2.40. The first-order chi connectivity index (χ1) is 14.0. The second-order valence-corrected chi connectivity index (χ2v) is 8.82. The van der Waals surface area contributed by atoms with Gasteiger partial charge in [0.25, 0.3) is 0 Å². The Morgan fingerprint density at radius 3 is 2.07 bits per heavy atom. The van der Waals surface area contributed by atoms with E-state index in [1.165, 1.54) is 24.3 Å². The van der Waals surface area contributed by atoms with Gasteiger partial charge in [0, 0.05) is 20.6 Å². The van der Waals surface area contributed by atoms with Crippen LogP contribution < -0.4 is 9.50 Å². The molecule has 0 bridgehead atoms. The van der Waals surface area contributed by atoms with Gasteiger partial charge in [0.2, 0.25) is 0 Å². The van der Waals surface area contributed by atoms with Crippen LogP contribution in [0.2, 0.25) is 0 Å². The summed E-state index contributed by atoms with van der Waals surface area (Å²) in [6, 6.07) is 14.0. The van der Waals surface area contributed by atoms with Gasteiger partial charge in [-0.15, -0.1) is 0 Å². The number of hydrogen-bond donors (Lipinski definition) is 2. The van der Waals surface area contributed by atoms with Crippen LogP contribution in [-0.2, 0) is 26.0 Å². The number of ether oxygens (including phenoxy) is 2. The number of aliphatic hydroxyl groups excluding tert-OH is 1. The number of carbonyl (C=O) groups excluding carboxylic acids is 1. The summed E-state index contributed by atoms with van der Waals surface area (Å²) in [7, 11) is -0.655. The first-order valence-corrected chi connectivity index (χ1v) is 10.5. The third-order valence-electron chi connectivity index (χ3n) is 3.27. The maximum Gasteiger partial charge on any atom is 0.409 e. The van der Waals surface area contributed by atoms with Crippen LogP contribution in [0, 0.1) is 0 Å². The lowest BCUT2D eigenvalue weighted by Gasteiger charge is -2.21. The molecule has 0 aliphatic heterocycles. The van der Waals surface area contributed by atoms with Crippen molar-refractivity contribution in [2.75, 3.05) is 14.2 Å². The Morgan fingerprint density at radius 1 is 1.03 bits per heavy atom. The van der Waals surface area contributed by atoms with E-state index in [4.69, 9.17) is 8.92 Å². The quantitative estimate of drug-likeness (QED) is 0.525. The molecular weight excluding hydrogens is 410 g/mol. The SMILES string of the molecule is CC(C)(C)OC(=O)NC(O)Cc1ccc(OS(=O)(=O)c2ccccc2)cc1.COC. The van der Waals surface area contributed by atoms with Gasteiger partial charge in [0.1, 0.15) is 22.5 Å². The molecule has 0 aliphatic carbocycles. The molecule has 9 heteroatoms. The number of methoxy groups -OCH3 is 1. The van der Waals surface area contributed by atoms with Crippen molar-refractivity contribution in [2.24, 2.45) is 0 Å². The molecule has 0 aromatic heterocycles. The standard InChI is InChI=1S/C19H23NO6S.C2H6O/c1-19(2,3)25-18(22)20-17(21)13-14-9-11-15(12-10-14)26-27(23,24)16-7-5-4-6-8-16;1-3-2/h4-12,17,21H,13H2,1-3H3,(H,20,22);1-2H3. The third-order valence-corrected chi connectivity index (χ3v) is 4.53. The largest absolute Gasteiger partial charge is 0.444 e. The van der Waals surface area contributed by atoms with E-state index >= 15 is 0 Å². The molecule has 0 radical (unpaired) electrons. The highest BCUT2D eigenvalue weighted by atomic mass is 32.2. The van der Waals surface area contributed by atoms with E-state index in [9.17, 15) is 18.3 Å². The van der Waals surface area contributed by atoms with Crippen LogP contribution in [0.1, 0.15) is 26.3 Å². The van der Waals surface area contributed by atoms with Gasteiger partial charge in [-0.05, 0) is 50.6 Å². The normalized spacial score (nSPS) is 12.2. The summed E-state index contributed by atoms with van der Waals surface area (Å²) in [5, 5.41) is 12.3. The highest BCUT2D eigenvalue weighted by molar-refractivity contribution is 7.87. The first kappa shape index (κ1) is 25.4. The van der Waals surface area contributed by atoms with Gasteiger partial charge in [0.05, 0.1) is 0 Å². The first-order valence-electron chi connectivity index (χ1n) is 9.13. The van der Waals surface area contributed by atoms with Gasteiger partial charge in [-0.25, -0.2) is 4.79 Å². The molecule has 30 heavy (non-hydrogen) atoms. The smallest absolute Gasteiger partial charge is 0.409 e. The average Bonchev–Trinajstić information content (AvgIpc) is 2.63. The van der Waals surface area contributed by atoms with Crippen LogP contribution >= 0.6 is 0 Å². The maximum atomic E-state index is 12.2. The molecule has 166 valence electrons. The Balaban J connectivity index is 0.00000141. The minimum atomic E-state index is -3.91. The molecule has 2 rings (SSSR count). The van der Waals surface area contributed by atoms with Crippen LogP contribution in [0.3, 0.4) is 0 Å². The number of amides is 1. The number of hydrogen-bond acceptors (Lipinski definition) is 7. The van der Waals surface area contributed by atoms with E-state index in [0.29, 0.717) is 5.56 Å². The number of nitrogens with one attached hydrogen (secondary N) is 1. The Kier molecular flexibility index (Phi) is 9.77. The molecule has 8 nitrogen and oxygen atoms in total. The summed E-state index contributed by atoms with van der Waals surface area (Å²) in [5.41, 5.74) is 0.0237. The van der Waals surface area contributed by atoms with Gasteiger partial charge in [-0.2, -0.15) is 8.42 Å². The molecule has 1 amide bonds. The van der Waals surface area contributed by atoms with Crippen molar-refractivity contribution in [3.05, 3.63) is 60.2 Å². The number of carbonyl (C=O) groups is 1. The van der Waals surface area contributed by atoms with E-state index in [1.54, 1.807) is 65.3 Å². The monoisotopic (exact) mass is 439 g/mol. The topological polar surface area (TPSA) is 111 Å². The highest BCUT2D eigenvalue weighted by Gasteiger charge is 2.19. The summed E-state index contributed by atoms with van der Waals surface area (Å²) in [4.78, 5) is 11.7. The predicted molar refractivity (Wildman–Crippen MR) is 113 cm³/mol. The van der Waals surface area contributed by atoms with Crippen LogP contribution in [0.25, 0.3) is 0 Å². The van der Waals surface area contributed by atoms with Crippen molar-refractivity contribution >= 4 is 16.2 Å². The van der Waals surface area contributed by atoms with Crippen molar-refractivity contribution in [1.82, 2.24) is 5.32 Å². The lowest BCUT2D eigenvalue weighted by molar-refractivity contribution is 0.0359. The van der Waals surface area contributed by atoms with Gasteiger partial charge < -0.3 is 18.8 Å². The molecule has 2 aromatic carbocycles. The fourth-order valence-corrected chi connectivity index (χ4v) is 3.11. The third kappa shape index (κ3) is 9.73. The Morgan fingerprint density at radius 2 is 1.57 bits per heavy atom. The van der Waals surface area contributed by atoms with Crippen molar-refractivity contribution in [3.63, 3.8) is 0 Å². The maximum absolute atomic E-state index is 12.2. The van der Waals surface area contributed by atoms with E-state index in [2.05, 4.69) is 10.1 Å². The zero-order valence-corrected chi connectivity index (χ0v) is 18.6. The van der Waals surface area contributed by atoms with Crippen LogP contribution in [0.5, 0.6) is 5.75 Å². The Labute approximate surface area is 177 Å². The fraction of sp³-hybridized carbons (Fsp3) is 0.381. The molecule has 1 unspecified atom stereocenters. The zero-order valence-electron chi connectivity index (χ0n) is 17.8. The summed E-state index contributed by atoms with van der Waals surface area (Å²) in [6.07, 6.45) is -1.73. The van der Waals surface area contributed by atoms with Crippen LogP contribution in [0.15, 0.2) is 59.5 Å². The molecule has 2 aromatic rings. The number of aliphatic hydroxyl groups is 1. The molecule has 0 aliphatic rings. The Hall–Kier alpha value is -2.62.